The van der Waals surface area contributed by atoms with Crippen LogP contribution in [0, 0.1) is 5.92 Å². The molecule has 3 heteroatoms. The second-order valence-electron chi connectivity index (χ2n) is 4.45. The molecular weight excluding hydrogens is 212 g/mol. The van der Waals surface area contributed by atoms with E-state index in [1.165, 1.54) is 5.56 Å². The van der Waals surface area contributed by atoms with Crippen LogP contribution >= 0.6 is 0 Å². The molecule has 1 aromatic carbocycles. The molecule has 1 atom stereocenters. The fraction of sp³-hybridized carbons (Fsp3) is 0.571. The van der Waals surface area contributed by atoms with E-state index in [2.05, 4.69) is 19.1 Å². The number of methoxy groups -OCH3 is 1. The topological polar surface area (TPSA) is 61.3 Å². The molecule has 0 radical (unpaired) electrons. The molecule has 0 saturated heterocycles. The molecule has 0 amide bonds. The molecule has 17 heavy (non-hydrogen) atoms. The summed E-state index contributed by atoms with van der Waals surface area (Å²) in [5, 5.41) is 0. The number of rotatable bonds is 7. The van der Waals surface area contributed by atoms with Crippen LogP contribution in [0.2, 0.25) is 0 Å². The quantitative estimate of drug-likeness (QED) is 0.762. The molecule has 3 nitrogen and oxygen atoms in total. The number of ether oxygens (including phenoxy) is 1. The molecule has 0 aliphatic heterocycles. The van der Waals surface area contributed by atoms with Gasteiger partial charge in [0.1, 0.15) is 5.75 Å². The molecule has 1 rings (SSSR count). The van der Waals surface area contributed by atoms with Crippen LogP contribution in [-0.2, 0) is 0 Å². The Kier molecular flexibility index (Phi) is 6.01. The highest BCUT2D eigenvalue weighted by molar-refractivity contribution is 5.29. The summed E-state index contributed by atoms with van der Waals surface area (Å²) in [5.74, 6) is 1.86. The molecule has 96 valence electrons. The van der Waals surface area contributed by atoms with E-state index in [-0.39, 0.29) is 0 Å². The van der Waals surface area contributed by atoms with E-state index in [1.807, 2.05) is 12.1 Å². The molecule has 0 bridgehead atoms. The summed E-state index contributed by atoms with van der Waals surface area (Å²) in [7, 11) is 1.69. The van der Waals surface area contributed by atoms with Crippen LogP contribution < -0.4 is 16.2 Å². The van der Waals surface area contributed by atoms with Gasteiger partial charge in [-0.15, -0.1) is 0 Å². The number of benzene rings is 1. The zero-order valence-electron chi connectivity index (χ0n) is 10.9. The predicted octanol–water partition coefficient (Wildman–Crippen LogP) is 2.11. The van der Waals surface area contributed by atoms with E-state index in [1.54, 1.807) is 7.11 Å². The predicted molar refractivity (Wildman–Crippen MR) is 72.2 cm³/mol. The van der Waals surface area contributed by atoms with Crippen molar-refractivity contribution >= 4 is 0 Å². The van der Waals surface area contributed by atoms with Gasteiger partial charge in [-0.3, -0.25) is 0 Å². The second-order valence-corrected chi connectivity index (χ2v) is 4.45. The minimum Gasteiger partial charge on any atom is -0.497 e. The van der Waals surface area contributed by atoms with Gasteiger partial charge in [0.2, 0.25) is 0 Å². The van der Waals surface area contributed by atoms with Crippen LogP contribution in [0.1, 0.15) is 31.2 Å². The van der Waals surface area contributed by atoms with Crippen LogP contribution in [0.4, 0.5) is 0 Å². The van der Waals surface area contributed by atoms with E-state index in [9.17, 15) is 0 Å². The molecule has 0 fully saturated rings. The molecular formula is C14H24N2O. The Hall–Kier alpha value is -1.06. The molecule has 4 N–H and O–H groups in total. The highest BCUT2D eigenvalue weighted by atomic mass is 16.5. The maximum Gasteiger partial charge on any atom is 0.118 e. The fourth-order valence-corrected chi connectivity index (χ4v) is 2.11. The summed E-state index contributed by atoms with van der Waals surface area (Å²) < 4.78 is 5.17. The number of hydrogen-bond donors (Lipinski definition) is 2. The molecule has 0 aromatic heterocycles. The third-order valence-corrected chi connectivity index (χ3v) is 3.36. The lowest BCUT2D eigenvalue weighted by Crippen LogP contribution is -2.25. The van der Waals surface area contributed by atoms with Gasteiger partial charge in [0, 0.05) is 0 Å². The van der Waals surface area contributed by atoms with Gasteiger partial charge < -0.3 is 16.2 Å². The molecule has 0 aliphatic carbocycles. The van der Waals surface area contributed by atoms with E-state index < -0.39 is 0 Å². The Balaban J connectivity index is 2.71. The zero-order chi connectivity index (χ0) is 12.7. The van der Waals surface area contributed by atoms with Gasteiger partial charge >= 0.3 is 0 Å². The lowest BCUT2D eigenvalue weighted by atomic mass is 9.87. The number of nitrogens with two attached hydrogens (primary N) is 2. The van der Waals surface area contributed by atoms with Crippen molar-refractivity contribution in [1.82, 2.24) is 0 Å². The minimum absolute atomic E-state index is 0.419. The van der Waals surface area contributed by atoms with Crippen LogP contribution in [0.3, 0.4) is 0 Å². The monoisotopic (exact) mass is 236 g/mol. The Labute approximate surface area is 104 Å². The number of hydrogen-bond acceptors (Lipinski definition) is 3. The lowest BCUT2D eigenvalue weighted by Gasteiger charge is -2.21. The summed E-state index contributed by atoms with van der Waals surface area (Å²) in [5.41, 5.74) is 12.8. The highest BCUT2D eigenvalue weighted by Crippen LogP contribution is 2.27. The van der Waals surface area contributed by atoms with Crippen molar-refractivity contribution in [2.24, 2.45) is 17.4 Å². The normalized spacial score (nSPS) is 12.8. The van der Waals surface area contributed by atoms with Gasteiger partial charge in [-0.2, -0.15) is 0 Å². The van der Waals surface area contributed by atoms with Crippen LogP contribution in [0.25, 0.3) is 0 Å². The lowest BCUT2D eigenvalue weighted by molar-refractivity contribution is 0.413. The van der Waals surface area contributed by atoms with E-state index in [0.29, 0.717) is 24.9 Å². The van der Waals surface area contributed by atoms with Gasteiger partial charge in [0.25, 0.3) is 0 Å². The largest absolute Gasteiger partial charge is 0.497 e. The van der Waals surface area contributed by atoms with E-state index in [0.717, 1.165) is 18.6 Å². The van der Waals surface area contributed by atoms with Crippen molar-refractivity contribution in [3.05, 3.63) is 29.8 Å². The average molecular weight is 236 g/mol. The highest BCUT2D eigenvalue weighted by Gasteiger charge is 2.14. The van der Waals surface area contributed by atoms with Gasteiger partial charge in [-0.25, -0.2) is 0 Å². The Morgan fingerprint density at radius 2 is 1.71 bits per heavy atom. The molecule has 0 saturated carbocycles. The third kappa shape index (κ3) is 4.02. The van der Waals surface area contributed by atoms with Gasteiger partial charge in [0.15, 0.2) is 0 Å². The van der Waals surface area contributed by atoms with Crippen molar-refractivity contribution in [3.8, 4) is 5.75 Å². The summed E-state index contributed by atoms with van der Waals surface area (Å²) in [6.45, 7) is 3.55. The molecule has 1 unspecified atom stereocenters. The fourth-order valence-electron chi connectivity index (χ4n) is 2.11. The Bertz CT molecular complexity index is 307. The first-order valence-corrected chi connectivity index (χ1v) is 6.29. The summed E-state index contributed by atoms with van der Waals surface area (Å²) >= 11 is 0. The smallest absolute Gasteiger partial charge is 0.118 e. The summed E-state index contributed by atoms with van der Waals surface area (Å²) in [6.07, 6.45) is 2.18. The molecule has 0 spiro atoms. The molecule has 0 heterocycles. The summed E-state index contributed by atoms with van der Waals surface area (Å²) in [4.78, 5) is 0. The molecule has 0 aliphatic rings. The van der Waals surface area contributed by atoms with Crippen LogP contribution in [0.5, 0.6) is 5.75 Å². The van der Waals surface area contributed by atoms with Gasteiger partial charge in [-0.1, -0.05) is 19.1 Å². The van der Waals surface area contributed by atoms with Gasteiger partial charge in [0.05, 0.1) is 7.11 Å². The first kappa shape index (κ1) is 14.0. The Morgan fingerprint density at radius 3 is 2.12 bits per heavy atom. The maximum atomic E-state index is 5.71. The zero-order valence-corrected chi connectivity index (χ0v) is 10.9. The molecule has 1 aromatic rings. The first-order chi connectivity index (χ1) is 8.24. The third-order valence-electron chi connectivity index (χ3n) is 3.36. The SMILES string of the molecule is CCC(CC(CN)CN)c1ccc(OC)cc1. The van der Waals surface area contributed by atoms with Crippen molar-refractivity contribution in [3.63, 3.8) is 0 Å². The van der Waals surface area contributed by atoms with Crippen molar-refractivity contribution in [1.29, 1.82) is 0 Å². The summed E-state index contributed by atoms with van der Waals surface area (Å²) in [6, 6.07) is 8.30. The van der Waals surface area contributed by atoms with Crippen LogP contribution in [-0.4, -0.2) is 20.2 Å². The standard InChI is InChI=1S/C14H24N2O/c1-3-12(8-11(9-15)10-16)13-4-6-14(17-2)7-5-13/h4-7,11-12H,3,8-10,15-16H2,1-2H3. The van der Waals surface area contributed by atoms with E-state index in [4.69, 9.17) is 16.2 Å². The van der Waals surface area contributed by atoms with Crippen LogP contribution in [0.15, 0.2) is 24.3 Å². The average Bonchev–Trinajstić information content (AvgIpc) is 2.40. The van der Waals surface area contributed by atoms with Crippen molar-refractivity contribution in [2.75, 3.05) is 20.2 Å². The Morgan fingerprint density at radius 1 is 1.12 bits per heavy atom. The second kappa shape index (κ2) is 7.30. The van der Waals surface area contributed by atoms with E-state index >= 15 is 0 Å². The maximum absolute atomic E-state index is 5.71. The minimum atomic E-state index is 0.419. The van der Waals surface area contributed by atoms with Gasteiger partial charge in [-0.05, 0) is 55.5 Å². The van der Waals surface area contributed by atoms with Crippen molar-refractivity contribution in [2.45, 2.75) is 25.7 Å². The first-order valence-electron chi connectivity index (χ1n) is 6.29. The van der Waals surface area contributed by atoms with Crippen molar-refractivity contribution < 1.29 is 4.74 Å².